The van der Waals surface area contributed by atoms with Crippen LogP contribution in [0.2, 0.25) is 0 Å². The third kappa shape index (κ3) is 3.10. The molecule has 0 saturated carbocycles. The fourth-order valence-corrected chi connectivity index (χ4v) is 4.58. The second-order valence-electron chi connectivity index (χ2n) is 7.18. The third-order valence-electron chi connectivity index (χ3n) is 5.39. The minimum atomic E-state index is -1.45. The SMILES string of the molecule is O=C(NC[C@](O)(c1ccsc1)c1ccco1)C1c2ccccc2Oc2ccccc21. The lowest BCUT2D eigenvalue weighted by atomic mass is 9.86. The molecule has 2 aromatic heterocycles. The van der Waals surface area contributed by atoms with E-state index in [1.807, 2.05) is 65.4 Å². The van der Waals surface area contributed by atoms with E-state index in [2.05, 4.69) is 5.32 Å². The molecule has 0 aliphatic carbocycles. The summed E-state index contributed by atoms with van der Waals surface area (Å²) in [4.78, 5) is 13.4. The Kier molecular flexibility index (Phi) is 4.65. The molecular weight excluding hydrogens is 398 g/mol. The maximum absolute atomic E-state index is 13.4. The van der Waals surface area contributed by atoms with E-state index in [0.717, 1.165) is 11.1 Å². The van der Waals surface area contributed by atoms with Crippen molar-refractivity contribution in [2.75, 3.05) is 6.54 Å². The molecule has 0 spiro atoms. The zero-order valence-corrected chi connectivity index (χ0v) is 16.8. The van der Waals surface area contributed by atoms with Gasteiger partial charge in [0.1, 0.15) is 17.3 Å². The summed E-state index contributed by atoms with van der Waals surface area (Å²) in [5.74, 6) is 0.966. The summed E-state index contributed by atoms with van der Waals surface area (Å²) in [6, 6.07) is 20.3. The number of ether oxygens (including phenoxy) is 1. The van der Waals surface area contributed by atoms with Crippen LogP contribution >= 0.6 is 11.3 Å². The fourth-order valence-electron chi connectivity index (χ4n) is 3.85. The predicted molar refractivity (Wildman–Crippen MR) is 114 cm³/mol. The maximum Gasteiger partial charge on any atom is 0.232 e. The van der Waals surface area contributed by atoms with E-state index >= 15 is 0 Å². The van der Waals surface area contributed by atoms with Crippen molar-refractivity contribution in [1.29, 1.82) is 0 Å². The van der Waals surface area contributed by atoms with E-state index in [1.54, 1.807) is 12.1 Å². The lowest BCUT2D eigenvalue weighted by molar-refractivity contribution is -0.123. The summed E-state index contributed by atoms with van der Waals surface area (Å²) in [6.45, 7) is -0.0161. The van der Waals surface area contributed by atoms with E-state index in [0.29, 0.717) is 22.8 Å². The van der Waals surface area contributed by atoms with Crippen LogP contribution in [0.25, 0.3) is 0 Å². The molecule has 1 aliphatic rings. The van der Waals surface area contributed by atoms with E-state index in [1.165, 1.54) is 17.6 Å². The number of fused-ring (bicyclic) bond motifs is 2. The summed E-state index contributed by atoms with van der Waals surface area (Å²) in [7, 11) is 0. The van der Waals surface area contributed by atoms with Gasteiger partial charge in [-0.2, -0.15) is 11.3 Å². The van der Waals surface area contributed by atoms with Gasteiger partial charge < -0.3 is 19.6 Å². The molecule has 0 saturated heterocycles. The van der Waals surface area contributed by atoms with Crippen LogP contribution in [0.3, 0.4) is 0 Å². The number of amides is 1. The van der Waals surface area contributed by atoms with Crippen molar-refractivity contribution < 1.29 is 19.1 Å². The quantitative estimate of drug-likeness (QED) is 0.497. The third-order valence-corrected chi connectivity index (χ3v) is 6.07. The molecule has 0 fully saturated rings. The van der Waals surface area contributed by atoms with Gasteiger partial charge in [-0.05, 0) is 41.1 Å². The smallest absolute Gasteiger partial charge is 0.232 e. The Morgan fingerprint density at radius 1 is 1.00 bits per heavy atom. The largest absolute Gasteiger partial charge is 0.466 e. The second-order valence-corrected chi connectivity index (χ2v) is 7.96. The Hall–Kier alpha value is -3.35. The van der Waals surface area contributed by atoms with Crippen LogP contribution in [0, 0.1) is 0 Å². The maximum atomic E-state index is 13.4. The summed E-state index contributed by atoms with van der Waals surface area (Å²) in [5, 5.41) is 18.1. The summed E-state index contributed by atoms with van der Waals surface area (Å²) in [5.41, 5.74) is 0.815. The number of hydrogen-bond acceptors (Lipinski definition) is 5. The van der Waals surface area contributed by atoms with Gasteiger partial charge in [0.25, 0.3) is 0 Å². The van der Waals surface area contributed by atoms with Gasteiger partial charge in [0.15, 0.2) is 5.60 Å². The Labute approximate surface area is 177 Å². The standard InChI is InChI=1S/C24H19NO4S/c26-23(25-15-24(27,16-11-13-30-14-16)21-10-5-12-28-21)22-17-6-1-3-8-19(17)29-20-9-4-2-7-18(20)22/h1-14,22,27H,15H2,(H,25,26)/t24-/m0/s1. The summed E-state index contributed by atoms with van der Waals surface area (Å²) in [6.07, 6.45) is 1.51. The van der Waals surface area contributed by atoms with Gasteiger partial charge in [0.2, 0.25) is 5.91 Å². The lowest BCUT2D eigenvalue weighted by Gasteiger charge is -2.30. The number of furan rings is 1. The molecule has 4 aromatic rings. The first-order valence-electron chi connectivity index (χ1n) is 9.59. The number of aliphatic hydroxyl groups is 1. The van der Waals surface area contributed by atoms with Crippen molar-refractivity contribution in [1.82, 2.24) is 5.32 Å². The van der Waals surface area contributed by atoms with Crippen molar-refractivity contribution in [3.05, 3.63) is 106 Å². The van der Waals surface area contributed by atoms with Crippen molar-refractivity contribution >= 4 is 17.2 Å². The van der Waals surface area contributed by atoms with E-state index in [-0.39, 0.29) is 12.5 Å². The number of benzene rings is 2. The van der Waals surface area contributed by atoms with E-state index in [9.17, 15) is 9.90 Å². The molecule has 1 aliphatic heterocycles. The molecule has 0 bridgehead atoms. The van der Waals surface area contributed by atoms with Crippen LogP contribution in [0.4, 0.5) is 0 Å². The summed E-state index contributed by atoms with van der Waals surface area (Å²) >= 11 is 1.48. The topological polar surface area (TPSA) is 71.7 Å². The zero-order valence-electron chi connectivity index (χ0n) is 15.9. The molecule has 150 valence electrons. The molecule has 3 heterocycles. The molecule has 30 heavy (non-hydrogen) atoms. The molecular formula is C24H19NO4S. The zero-order chi connectivity index (χ0) is 20.6. The van der Waals surface area contributed by atoms with Crippen LogP contribution in [0.5, 0.6) is 11.5 Å². The highest BCUT2D eigenvalue weighted by Gasteiger charge is 2.38. The van der Waals surface area contributed by atoms with Gasteiger partial charge in [0.05, 0.1) is 18.7 Å². The molecule has 1 amide bonds. The van der Waals surface area contributed by atoms with Gasteiger partial charge in [-0.1, -0.05) is 36.4 Å². The lowest BCUT2D eigenvalue weighted by Crippen LogP contribution is -2.43. The number of carbonyl (C=O) groups is 1. The molecule has 5 nitrogen and oxygen atoms in total. The van der Waals surface area contributed by atoms with Crippen molar-refractivity contribution in [2.24, 2.45) is 0 Å². The van der Waals surface area contributed by atoms with Crippen LogP contribution < -0.4 is 10.1 Å². The minimum Gasteiger partial charge on any atom is -0.466 e. The molecule has 2 N–H and O–H groups in total. The number of para-hydroxylation sites is 2. The van der Waals surface area contributed by atoms with Crippen molar-refractivity contribution in [2.45, 2.75) is 11.5 Å². The molecule has 6 heteroatoms. The van der Waals surface area contributed by atoms with Gasteiger partial charge in [-0.25, -0.2) is 0 Å². The fraction of sp³-hybridized carbons (Fsp3) is 0.125. The van der Waals surface area contributed by atoms with Crippen LogP contribution in [-0.4, -0.2) is 17.6 Å². The van der Waals surface area contributed by atoms with E-state index in [4.69, 9.17) is 9.15 Å². The highest BCUT2D eigenvalue weighted by molar-refractivity contribution is 7.08. The molecule has 0 unspecified atom stereocenters. The molecule has 1 atom stereocenters. The average Bonchev–Trinajstić information content (AvgIpc) is 3.50. The van der Waals surface area contributed by atoms with Crippen LogP contribution in [0.15, 0.2) is 88.2 Å². The van der Waals surface area contributed by atoms with E-state index < -0.39 is 11.5 Å². The number of carbonyl (C=O) groups excluding carboxylic acids is 1. The first kappa shape index (κ1) is 18.7. The second kappa shape index (κ2) is 7.48. The Balaban J connectivity index is 1.47. The number of nitrogens with one attached hydrogen (secondary N) is 1. The number of hydrogen-bond donors (Lipinski definition) is 2. The first-order valence-corrected chi connectivity index (χ1v) is 10.5. The predicted octanol–water partition coefficient (Wildman–Crippen LogP) is 4.63. The number of rotatable bonds is 5. The first-order chi connectivity index (χ1) is 14.7. The van der Waals surface area contributed by atoms with Gasteiger partial charge in [0, 0.05) is 16.7 Å². The monoisotopic (exact) mass is 417 g/mol. The Morgan fingerprint density at radius 3 is 2.30 bits per heavy atom. The molecule has 2 aromatic carbocycles. The van der Waals surface area contributed by atoms with Crippen molar-refractivity contribution in [3.8, 4) is 11.5 Å². The Bertz CT molecular complexity index is 1090. The highest BCUT2D eigenvalue weighted by atomic mass is 32.1. The highest BCUT2D eigenvalue weighted by Crippen LogP contribution is 2.44. The normalized spacial score (nSPS) is 14.8. The number of thiophene rings is 1. The van der Waals surface area contributed by atoms with Gasteiger partial charge in [-0.3, -0.25) is 4.79 Å². The van der Waals surface area contributed by atoms with Crippen molar-refractivity contribution in [3.63, 3.8) is 0 Å². The molecule has 0 radical (unpaired) electrons. The van der Waals surface area contributed by atoms with Gasteiger partial charge in [-0.15, -0.1) is 0 Å². The summed E-state index contributed by atoms with van der Waals surface area (Å²) < 4.78 is 11.5. The van der Waals surface area contributed by atoms with Crippen LogP contribution in [0.1, 0.15) is 28.4 Å². The Morgan fingerprint density at radius 2 is 1.70 bits per heavy atom. The van der Waals surface area contributed by atoms with Gasteiger partial charge >= 0.3 is 0 Å². The van der Waals surface area contributed by atoms with Crippen LogP contribution in [-0.2, 0) is 10.4 Å². The minimum absolute atomic E-state index is 0.0161. The molecule has 5 rings (SSSR count). The average molecular weight is 417 g/mol.